The fourth-order valence-corrected chi connectivity index (χ4v) is 2.57. The van der Waals surface area contributed by atoms with Crippen LogP contribution in [0.2, 0.25) is 0 Å². The van der Waals surface area contributed by atoms with Crippen molar-refractivity contribution in [2.45, 2.75) is 13.8 Å². The van der Waals surface area contributed by atoms with E-state index in [1.165, 1.54) is 6.07 Å². The van der Waals surface area contributed by atoms with Crippen LogP contribution in [0.5, 0.6) is 0 Å². The monoisotopic (exact) mass is 299 g/mol. The van der Waals surface area contributed by atoms with Crippen LogP contribution in [0.25, 0.3) is 0 Å². The molecule has 1 amide bonds. The summed E-state index contributed by atoms with van der Waals surface area (Å²) in [5.74, 6) is 0.529. The lowest BCUT2D eigenvalue weighted by Crippen LogP contribution is -2.29. The number of halogens is 2. The Morgan fingerprint density at radius 3 is 2.53 bits per heavy atom. The summed E-state index contributed by atoms with van der Waals surface area (Å²) in [5.41, 5.74) is 0.409. The van der Waals surface area contributed by atoms with E-state index in [2.05, 4.69) is 29.8 Å². The zero-order chi connectivity index (χ0) is 12.6. The van der Waals surface area contributed by atoms with Crippen LogP contribution in [0.1, 0.15) is 24.2 Å². The molecule has 0 saturated carbocycles. The Morgan fingerprint density at radius 2 is 1.94 bits per heavy atom. The molecule has 2 atom stereocenters. The minimum absolute atomic E-state index is 0.0902. The zero-order valence-corrected chi connectivity index (χ0v) is 11.5. The number of carbonyl (C=O) groups excluding carboxylic acids is 1. The minimum atomic E-state index is -0.392. The first-order valence-electron chi connectivity index (χ1n) is 5.74. The standard InChI is InChI=1S/C13H15BrFNO/c1-8-6-16(7-9(8)2)13(17)10-4-3-5-11(15)12(10)14/h3-5,8-9H,6-7H2,1-2H3. The van der Waals surface area contributed by atoms with Crippen molar-refractivity contribution in [3.05, 3.63) is 34.1 Å². The lowest BCUT2D eigenvalue weighted by atomic mass is 10.0. The van der Waals surface area contributed by atoms with Gasteiger partial charge in [-0.05, 0) is 39.9 Å². The van der Waals surface area contributed by atoms with E-state index in [0.29, 0.717) is 17.4 Å². The number of rotatable bonds is 1. The number of nitrogens with zero attached hydrogens (tertiary/aromatic N) is 1. The van der Waals surface area contributed by atoms with Crippen LogP contribution in [-0.2, 0) is 0 Å². The van der Waals surface area contributed by atoms with Gasteiger partial charge in [0.05, 0.1) is 10.0 Å². The molecule has 1 aromatic rings. The van der Waals surface area contributed by atoms with E-state index in [1.54, 1.807) is 17.0 Å². The molecule has 1 aliphatic heterocycles. The second kappa shape index (κ2) is 4.77. The molecular weight excluding hydrogens is 285 g/mol. The lowest BCUT2D eigenvalue weighted by Gasteiger charge is -2.17. The highest BCUT2D eigenvalue weighted by atomic mass is 79.9. The van der Waals surface area contributed by atoms with Crippen LogP contribution < -0.4 is 0 Å². The van der Waals surface area contributed by atoms with Crippen LogP contribution in [0.4, 0.5) is 4.39 Å². The molecule has 2 rings (SSSR count). The summed E-state index contributed by atoms with van der Waals surface area (Å²) in [5, 5.41) is 0. The van der Waals surface area contributed by atoms with Crippen LogP contribution in [0.15, 0.2) is 22.7 Å². The number of likely N-dealkylation sites (tertiary alicyclic amines) is 1. The van der Waals surface area contributed by atoms with Crippen LogP contribution in [0, 0.1) is 17.7 Å². The van der Waals surface area contributed by atoms with Gasteiger partial charge in [-0.25, -0.2) is 4.39 Å². The zero-order valence-electron chi connectivity index (χ0n) is 9.91. The first kappa shape index (κ1) is 12.6. The number of amides is 1. The highest BCUT2D eigenvalue weighted by molar-refractivity contribution is 9.10. The van der Waals surface area contributed by atoms with Gasteiger partial charge in [0.1, 0.15) is 5.82 Å². The van der Waals surface area contributed by atoms with Crippen molar-refractivity contribution >= 4 is 21.8 Å². The lowest BCUT2D eigenvalue weighted by molar-refractivity contribution is 0.0783. The first-order chi connectivity index (χ1) is 8.00. The third-order valence-corrected chi connectivity index (χ3v) is 4.26. The average Bonchev–Trinajstić information content (AvgIpc) is 2.62. The van der Waals surface area contributed by atoms with Crippen molar-refractivity contribution in [2.24, 2.45) is 11.8 Å². The number of carbonyl (C=O) groups is 1. The second-order valence-corrected chi connectivity index (χ2v) is 5.56. The van der Waals surface area contributed by atoms with E-state index < -0.39 is 5.82 Å². The van der Waals surface area contributed by atoms with E-state index >= 15 is 0 Å². The van der Waals surface area contributed by atoms with Crippen molar-refractivity contribution in [3.63, 3.8) is 0 Å². The summed E-state index contributed by atoms with van der Waals surface area (Å²) in [7, 11) is 0. The summed E-state index contributed by atoms with van der Waals surface area (Å²) < 4.78 is 13.6. The molecule has 4 heteroatoms. The van der Waals surface area contributed by atoms with Gasteiger partial charge in [0, 0.05) is 13.1 Å². The predicted molar refractivity (Wildman–Crippen MR) is 68.3 cm³/mol. The molecule has 1 heterocycles. The molecule has 1 aliphatic rings. The number of hydrogen-bond donors (Lipinski definition) is 0. The Bertz CT molecular complexity index is 439. The molecular formula is C13H15BrFNO. The van der Waals surface area contributed by atoms with E-state index in [9.17, 15) is 9.18 Å². The molecule has 2 unspecified atom stereocenters. The Morgan fingerprint density at radius 1 is 1.35 bits per heavy atom. The molecule has 0 aromatic heterocycles. The highest BCUT2D eigenvalue weighted by Crippen LogP contribution is 2.27. The van der Waals surface area contributed by atoms with E-state index in [0.717, 1.165) is 13.1 Å². The summed E-state index contributed by atoms with van der Waals surface area (Å²) in [6, 6.07) is 4.56. The summed E-state index contributed by atoms with van der Waals surface area (Å²) in [4.78, 5) is 14.0. The maximum absolute atomic E-state index is 13.4. The van der Waals surface area contributed by atoms with Gasteiger partial charge in [0.2, 0.25) is 0 Å². The summed E-state index contributed by atoms with van der Waals surface area (Å²) in [6.45, 7) is 5.78. The van der Waals surface area contributed by atoms with Crippen LogP contribution in [-0.4, -0.2) is 23.9 Å². The van der Waals surface area contributed by atoms with Crippen LogP contribution in [0.3, 0.4) is 0 Å². The maximum atomic E-state index is 13.4. The molecule has 1 aromatic carbocycles. The van der Waals surface area contributed by atoms with Crippen molar-refractivity contribution in [2.75, 3.05) is 13.1 Å². The molecule has 0 bridgehead atoms. The van der Waals surface area contributed by atoms with Crippen molar-refractivity contribution < 1.29 is 9.18 Å². The van der Waals surface area contributed by atoms with Gasteiger partial charge in [-0.3, -0.25) is 4.79 Å². The van der Waals surface area contributed by atoms with Gasteiger partial charge < -0.3 is 4.90 Å². The molecule has 1 fully saturated rings. The third-order valence-electron chi connectivity index (χ3n) is 3.46. The molecule has 92 valence electrons. The van der Waals surface area contributed by atoms with Gasteiger partial charge in [0.15, 0.2) is 0 Å². The van der Waals surface area contributed by atoms with E-state index in [-0.39, 0.29) is 10.4 Å². The average molecular weight is 300 g/mol. The smallest absolute Gasteiger partial charge is 0.255 e. The SMILES string of the molecule is CC1CN(C(=O)c2cccc(F)c2Br)CC1C. The fourth-order valence-electron chi connectivity index (χ4n) is 2.13. The Balaban J connectivity index is 2.24. The molecule has 0 aliphatic carbocycles. The molecule has 17 heavy (non-hydrogen) atoms. The Kier molecular flexibility index (Phi) is 3.52. The predicted octanol–water partition coefficient (Wildman–Crippen LogP) is 3.32. The van der Waals surface area contributed by atoms with Gasteiger partial charge in [-0.15, -0.1) is 0 Å². The molecule has 1 saturated heterocycles. The van der Waals surface area contributed by atoms with Crippen LogP contribution >= 0.6 is 15.9 Å². The maximum Gasteiger partial charge on any atom is 0.255 e. The number of benzene rings is 1. The van der Waals surface area contributed by atoms with Crippen molar-refractivity contribution in [3.8, 4) is 0 Å². The fraction of sp³-hybridized carbons (Fsp3) is 0.462. The molecule has 2 nitrogen and oxygen atoms in total. The van der Waals surface area contributed by atoms with Gasteiger partial charge in [-0.1, -0.05) is 19.9 Å². The molecule has 0 N–H and O–H groups in total. The highest BCUT2D eigenvalue weighted by Gasteiger charge is 2.30. The Hall–Kier alpha value is -0.900. The van der Waals surface area contributed by atoms with Gasteiger partial charge in [0.25, 0.3) is 5.91 Å². The second-order valence-electron chi connectivity index (χ2n) is 4.77. The summed E-state index contributed by atoms with van der Waals surface area (Å²) >= 11 is 3.14. The van der Waals surface area contributed by atoms with Crippen molar-refractivity contribution in [1.29, 1.82) is 0 Å². The van der Waals surface area contributed by atoms with E-state index in [4.69, 9.17) is 0 Å². The topological polar surface area (TPSA) is 20.3 Å². The van der Waals surface area contributed by atoms with Gasteiger partial charge in [-0.2, -0.15) is 0 Å². The first-order valence-corrected chi connectivity index (χ1v) is 6.53. The minimum Gasteiger partial charge on any atom is -0.338 e. The largest absolute Gasteiger partial charge is 0.338 e. The summed E-state index contributed by atoms with van der Waals surface area (Å²) in [6.07, 6.45) is 0. The number of hydrogen-bond acceptors (Lipinski definition) is 1. The normalized spacial score (nSPS) is 24.1. The molecule has 0 spiro atoms. The van der Waals surface area contributed by atoms with E-state index in [1.807, 2.05) is 0 Å². The molecule has 0 radical (unpaired) electrons. The van der Waals surface area contributed by atoms with Crippen molar-refractivity contribution in [1.82, 2.24) is 4.90 Å². The third kappa shape index (κ3) is 2.37. The van der Waals surface area contributed by atoms with Gasteiger partial charge >= 0.3 is 0 Å². The quantitative estimate of drug-likeness (QED) is 0.779. The Labute approximate surface area is 109 Å².